The van der Waals surface area contributed by atoms with Gasteiger partial charge in [0.2, 0.25) is 5.91 Å². The molecule has 1 amide bonds. The predicted molar refractivity (Wildman–Crippen MR) is 75.3 cm³/mol. The molecule has 1 aromatic rings. The maximum Gasteiger partial charge on any atom is 0.221 e. The smallest absolute Gasteiger partial charge is 0.221 e. The van der Waals surface area contributed by atoms with Crippen LogP contribution in [0, 0.1) is 18.7 Å². The molecule has 0 radical (unpaired) electrons. The van der Waals surface area contributed by atoms with Gasteiger partial charge in [-0.2, -0.15) is 0 Å². The van der Waals surface area contributed by atoms with Gasteiger partial charge in [-0.25, -0.2) is 4.39 Å². The molecule has 0 saturated carbocycles. The normalized spacial score (nSPS) is 10.8. The molecule has 0 aliphatic heterocycles. The van der Waals surface area contributed by atoms with E-state index < -0.39 is 0 Å². The second kappa shape index (κ2) is 7.89. The summed E-state index contributed by atoms with van der Waals surface area (Å²) >= 11 is 0. The minimum absolute atomic E-state index is 0.0662. The SMILES string of the molecule is Cc1cc(CNCCC(=O)NCC(C)C)ccc1F. The molecular formula is C15H23FN2O. The highest BCUT2D eigenvalue weighted by Crippen LogP contribution is 2.08. The number of halogens is 1. The number of amides is 1. The Kier molecular flexibility index (Phi) is 6.50. The number of hydrogen-bond donors (Lipinski definition) is 2. The fourth-order valence-corrected chi connectivity index (χ4v) is 1.66. The van der Waals surface area contributed by atoms with Crippen LogP contribution in [0.15, 0.2) is 18.2 Å². The summed E-state index contributed by atoms with van der Waals surface area (Å²) in [6, 6.07) is 5.05. The Morgan fingerprint density at radius 3 is 2.74 bits per heavy atom. The van der Waals surface area contributed by atoms with Crippen molar-refractivity contribution in [2.45, 2.75) is 33.7 Å². The van der Waals surface area contributed by atoms with Crippen molar-refractivity contribution in [1.82, 2.24) is 10.6 Å². The quantitative estimate of drug-likeness (QED) is 0.744. The van der Waals surface area contributed by atoms with Gasteiger partial charge in [0.05, 0.1) is 0 Å². The largest absolute Gasteiger partial charge is 0.356 e. The molecule has 0 aliphatic rings. The van der Waals surface area contributed by atoms with E-state index >= 15 is 0 Å². The number of aryl methyl sites for hydroxylation is 1. The number of carbonyl (C=O) groups excluding carboxylic acids is 1. The first-order chi connectivity index (χ1) is 8.99. The second-order valence-corrected chi connectivity index (χ2v) is 5.21. The molecule has 0 aromatic heterocycles. The summed E-state index contributed by atoms with van der Waals surface area (Å²) in [6.07, 6.45) is 0.465. The topological polar surface area (TPSA) is 41.1 Å². The van der Waals surface area contributed by atoms with Crippen LogP contribution in [-0.2, 0) is 11.3 Å². The Bertz CT molecular complexity index is 419. The third kappa shape index (κ3) is 6.34. The highest BCUT2D eigenvalue weighted by molar-refractivity contribution is 5.76. The summed E-state index contributed by atoms with van der Waals surface area (Å²) in [7, 11) is 0. The Morgan fingerprint density at radius 1 is 1.37 bits per heavy atom. The molecule has 0 fully saturated rings. The molecular weight excluding hydrogens is 243 g/mol. The molecule has 0 aliphatic carbocycles. The highest BCUT2D eigenvalue weighted by atomic mass is 19.1. The van der Waals surface area contributed by atoms with Crippen molar-refractivity contribution in [3.8, 4) is 0 Å². The van der Waals surface area contributed by atoms with E-state index in [9.17, 15) is 9.18 Å². The van der Waals surface area contributed by atoms with E-state index in [-0.39, 0.29) is 11.7 Å². The van der Waals surface area contributed by atoms with Crippen molar-refractivity contribution in [3.63, 3.8) is 0 Å². The number of carbonyl (C=O) groups is 1. The van der Waals surface area contributed by atoms with E-state index in [1.54, 1.807) is 13.0 Å². The van der Waals surface area contributed by atoms with Gasteiger partial charge in [0, 0.05) is 26.1 Å². The lowest BCUT2D eigenvalue weighted by atomic mass is 10.1. The summed E-state index contributed by atoms with van der Waals surface area (Å²) in [4.78, 5) is 11.5. The van der Waals surface area contributed by atoms with E-state index in [2.05, 4.69) is 24.5 Å². The van der Waals surface area contributed by atoms with Crippen LogP contribution in [0.4, 0.5) is 4.39 Å². The van der Waals surface area contributed by atoms with E-state index in [1.807, 2.05) is 6.07 Å². The maximum atomic E-state index is 13.1. The predicted octanol–water partition coefficient (Wildman–Crippen LogP) is 2.39. The van der Waals surface area contributed by atoms with Crippen LogP contribution in [0.2, 0.25) is 0 Å². The second-order valence-electron chi connectivity index (χ2n) is 5.21. The van der Waals surface area contributed by atoms with Crippen LogP contribution in [0.5, 0.6) is 0 Å². The van der Waals surface area contributed by atoms with Crippen molar-refractivity contribution in [2.75, 3.05) is 13.1 Å². The first-order valence-electron chi connectivity index (χ1n) is 6.71. The van der Waals surface area contributed by atoms with Gasteiger partial charge < -0.3 is 10.6 Å². The van der Waals surface area contributed by atoms with Crippen LogP contribution >= 0.6 is 0 Å². The number of benzene rings is 1. The highest BCUT2D eigenvalue weighted by Gasteiger charge is 2.02. The van der Waals surface area contributed by atoms with Gasteiger partial charge in [-0.05, 0) is 30.0 Å². The summed E-state index contributed by atoms with van der Waals surface area (Å²) in [5.74, 6) is 0.354. The van der Waals surface area contributed by atoms with Crippen molar-refractivity contribution in [1.29, 1.82) is 0 Å². The van der Waals surface area contributed by atoms with Gasteiger partial charge in [-0.15, -0.1) is 0 Å². The van der Waals surface area contributed by atoms with Gasteiger partial charge >= 0.3 is 0 Å². The van der Waals surface area contributed by atoms with Gasteiger partial charge in [0.1, 0.15) is 5.82 Å². The molecule has 0 unspecified atom stereocenters. The summed E-state index contributed by atoms with van der Waals surface area (Å²) in [5, 5.41) is 6.05. The van der Waals surface area contributed by atoms with Crippen LogP contribution in [-0.4, -0.2) is 19.0 Å². The molecule has 1 aromatic carbocycles. The van der Waals surface area contributed by atoms with E-state index in [4.69, 9.17) is 0 Å². The van der Waals surface area contributed by atoms with Crippen LogP contribution in [0.1, 0.15) is 31.4 Å². The number of rotatable bonds is 7. The molecule has 0 heterocycles. The van der Waals surface area contributed by atoms with E-state index in [1.165, 1.54) is 6.07 Å². The number of hydrogen-bond acceptors (Lipinski definition) is 2. The standard InChI is InChI=1S/C15H23FN2O/c1-11(2)9-18-15(19)6-7-17-10-13-4-5-14(16)12(3)8-13/h4-5,8,11,17H,6-7,9-10H2,1-3H3,(H,18,19). The molecule has 3 nitrogen and oxygen atoms in total. The van der Waals surface area contributed by atoms with Crippen LogP contribution in [0.3, 0.4) is 0 Å². The lowest BCUT2D eigenvalue weighted by Gasteiger charge is -2.08. The summed E-state index contributed by atoms with van der Waals surface area (Å²) < 4.78 is 13.1. The Morgan fingerprint density at radius 2 is 2.11 bits per heavy atom. The van der Waals surface area contributed by atoms with E-state index in [0.29, 0.717) is 31.0 Å². The average Bonchev–Trinajstić information content (AvgIpc) is 2.36. The Hall–Kier alpha value is -1.42. The van der Waals surface area contributed by atoms with E-state index in [0.717, 1.165) is 12.1 Å². The average molecular weight is 266 g/mol. The van der Waals surface area contributed by atoms with Crippen molar-refractivity contribution < 1.29 is 9.18 Å². The zero-order valence-electron chi connectivity index (χ0n) is 11.9. The zero-order chi connectivity index (χ0) is 14.3. The van der Waals surface area contributed by atoms with Crippen molar-refractivity contribution >= 4 is 5.91 Å². The van der Waals surface area contributed by atoms with Gasteiger partial charge in [0.15, 0.2) is 0 Å². The van der Waals surface area contributed by atoms with Gasteiger partial charge in [-0.1, -0.05) is 26.0 Å². The molecule has 19 heavy (non-hydrogen) atoms. The molecule has 0 bridgehead atoms. The zero-order valence-corrected chi connectivity index (χ0v) is 11.9. The lowest BCUT2D eigenvalue weighted by molar-refractivity contribution is -0.121. The third-order valence-corrected chi connectivity index (χ3v) is 2.79. The molecule has 4 heteroatoms. The first-order valence-corrected chi connectivity index (χ1v) is 6.71. The summed E-state index contributed by atoms with van der Waals surface area (Å²) in [6.45, 7) is 7.87. The minimum atomic E-state index is -0.184. The Balaban J connectivity index is 2.20. The fraction of sp³-hybridized carbons (Fsp3) is 0.533. The van der Waals surface area contributed by atoms with Crippen LogP contribution in [0.25, 0.3) is 0 Å². The first kappa shape index (κ1) is 15.6. The van der Waals surface area contributed by atoms with Crippen LogP contribution < -0.4 is 10.6 Å². The minimum Gasteiger partial charge on any atom is -0.356 e. The van der Waals surface area contributed by atoms with Gasteiger partial charge in [-0.3, -0.25) is 4.79 Å². The molecule has 0 spiro atoms. The van der Waals surface area contributed by atoms with Crippen molar-refractivity contribution in [3.05, 3.63) is 35.1 Å². The maximum absolute atomic E-state index is 13.1. The number of nitrogens with one attached hydrogen (secondary N) is 2. The molecule has 106 valence electrons. The van der Waals surface area contributed by atoms with Crippen molar-refractivity contribution in [2.24, 2.45) is 5.92 Å². The molecule has 0 atom stereocenters. The fourth-order valence-electron chi connectivity index (χ4n) is 1.66. The molecule has 0 saturated heterocycles. The molecule has 1 rings (SSSR count). The summed E-state index contributed by atoms with van der Waals surface area (Å²) in [5.41, 5.74) is 1.68. The monoisotopic (exact) mass is 266 g/mol. The Labute approximate surface area is 114 Å². The lowest BCUT2D eigenvalue weighted by Crippen LogP contribution is -2.30. The molecule has 2 N–H and O–H groups in total. The third-order valence-electron chi connectivity index (χ3n) is 2.79. The van der Waals surface area contributed by atoms with Gasteiger partial charge in [0.25, 0.3) is 0 Å².